The molecule has 2 rings (SSSR count). The molecular formula is C22H30N2O5S. The summed E-state index contributed by atoms with van der Waals surface area (Å²) in [5.41, 5.74) is 1.42. The minimum absolute atomic E-state index is 0.106. The van der Waals surface area contributed by atoms with Crippen LogP contribution in [0.25, 0.3) is 0 Å². The van der Waals surface area contributed by atoms with E-state index in [1.54, 1.807) is 44.4 Å². The van der Waals surface area contributed by atoms with E-state index in [1.165, 1.54) is 16.4 Å². The van der Waals surface area contributed by atoms with Crippen LogP contribution in [0.1, 0.15) is 29.8 Å². The lowest BCUT2D eigenvalue weighted by molar-refractivity contribution is 0.0773. The van der Waals surface area contributed by atoms with Crippen molar-refractivity contribution >= 4 is 15.9 Å². The molecule has 0 heterocycles. The normalized spacial score (nSPS) is 11.4. The molecule has 7 nitrogen and oxygen atoms in total. The number of amides is 1. The third-order valence-electron chi connectivity index (χ3n) is 5.02. The number of likely N-dealkylation sites (N-methyl/N-ethyl adjacent to an activating group) is 1. The largest absolute Gasteiger partial charge is 0.493 e. The Bertz CT molecular complexity index is 954. The Hall–Kier alpha value is -2.58. The third kappa shape index (κ3) is 5.31. The predicted molar refractivity (Wildman–Crippen MR) is 117 cm³/mol. The maximum absolute atomic E-state index is 12.9. The van der Waals surface area contributed by atoms with E-state index in [-0.39, 0.29) is 10.8 Å². The van der Waals surface area contributed by atoms with Crippen LogP contribution >= 0.6 is 0 Å². The van der Waals surface area contributed by atoms with Gasteiger partial charge in [0.25, 0.3) is 5.91 Å². The van der Waals surface area contributed by atoms with Crippen molar-refractivity contribution in [2.45, 2.75) is 25.2 Å². The summed E-state index contributed by atoms with van der Waals surface area (Å²) in [6.07, 6.45) is 0.522. The molecule has 0 aliphatic heterocycles. The summed E-state index contributed by atoms with van der Waals surface area (Å²) in [7, 11) is 1.02. The summed E-state index contributed by atoms with van der Waals surface area (Å²) < 4.78 is 37.6. The molecular weight excluding hydrogens is 404 g/mol. The lowest BCUT2D eigenvalue weighted by Gasteiger charge is -2.20. The highest BCUT2D eigenvalue weighted by Crippen LogP contribution is 2.28. The molecule has 0 atom stereocenters. The molecule has 0 saturated carbocycles. The predicted octanol–water partition coefficient (Wildman–Crippen LogP) is 3.05. The zero-order valence-corrected chi connectivity index (χ0v) is 19.0. The first kappa shape index (κ1) is 23.7. The van der Waals surface area contributed by atoms with Gasteiger partial charge in [-0.1, -0.05) is 6.07 Å². The van der Waals surface area contributed by atoms with Gasteiger partial charge < -0.3 is 14.4 Å². The van der Waals surface area contributed by atoms with Crippen molar-refractivity contribution in [3.05, 3.63) is 53.6 Å². The van der Waals surface area contributed by atoms with Gasteiger partial charge in [0.2, 0.25) is 10.0 Å². The Morgan fingerprint density at radius 2 is 1.53 bits per heavy atom. The number of rotatable bonds is 10. The van der Waals surface area contributed by atoms with Gasteiger partial charge in [0.1, 0.15) is 0 Å². The van der Waals surface area contributed by atoms with E-state index >= 15 is 0 Å². The average molecular weight is 435 g/mol. The van der Waals surface area contributed by atoms with Crippen molar-refractivity contribution in [3.63, 3.8) is 0 Å². The number of nitrogens with zero attached hydrogens (tertiary/aromatic N) is 2. The highest BCUT2D eigenvalue weighted by molar-refractivity contribution is 7.89. The molecule has 0 N–H and O–H groups in total. The molecule has 0 aliphatic carbocycles. The van der Waals surface area contributed by atoms with Crippen LogP contribution in [0, 0.1) is 0 Å². The third-order valence-corrected chi connectivity index (χ3v) is 6.89. The summed E-state index contributed by atoms with van der Waals surface area (Å²) in [4.78, 5) is 14.3. The van der Waals surface area contributed by atoms with E-state index in [2.05, 4.69) is 0 Å². The van der Waals surface area contributed by atoms with Gasteiger partial charge in [-0.3, -0.25) is 4.79 Å². The van der Waals surface area contributed by atoms with E-state index < -0.39 is 10.0 Å². The van der Waals surface area contributed by atoms with Crippen LogP contribution in [-0.4, -0.2) is 64.4 Å². The fraction of sp³-hybridized carbons (Fsp3) is 0.409. The second kappa shape index (κ2) is 10.4. The highest BCUT2D eigenvalue weighted by Gasteiger charge is 2.21. The molecule has 0 saturated heterocycles. The molecule has 0 aliphatic rings. The minimum Gasteiger partial charge on any atom is -0.493 e. The summed E-state index contributed by atoms with van der Waals surface area (Å²) in [6.45, 7) is 5.33. The topological polar surface area (TPSA) is 76.2 Å². The van der Waals surface area contributed by atoms with Crippen molar-refractivity contribution in [2.24, 2.45) is 0 Å². The van der Waals surface area contributed by atoms with Gasteiger partial charge >= 0.3 is 0 Å². The SMILES string of the molecule is CCN(CC)C(=O)c1ccc(S(=O)(=O)N(C)CCc2ccc(OC)c(OC)c2)cc1. The summed E-state index contributed by atoms with van der Waals surface area (Å²) in [5, 5.41) is 0. The molecule has 0 fully saturated rings. The number of hydrogen-bond acceptors (Lipinski definition) is 5. The lowest BCUT2D eigenvalue weighted by atomic mass is 10.1. The number of hydrogen-bond donors (Lipinski definition) is 0. The standard InChI is InChI=1S/C22H30N2O5S/c1-6-24(7-2)22(25)18-9-11-19(12-10-18)30(26,27)23(3)15-14-17-8-13-20(28-4)21(16-17)29-5/h8-13,16H,6-7,14-15H2,1-5H3. The molecule has 8 heteroatoms. The van der Waals surface area contributed by atoms with Gasteiger partial charge in [-0.25, -0.2) is 12.7 Å². The van der Waals surface area contributed by atoms with Crippen LogP contribution in [-0.2, 0) is 16.4 Å². The second-order valence-electron chi connectivity index (χ2n) is 6.77. The fourth-order valence-electron chi connectivity index (χ4n) is 3.09. The molecule has 0 bridgehead atoms. The van der Waals surface area contributed by atoms with Crippen molar-refractivity contribution in [2.75, 3.05) is 40.9 Å². The van der Waals surface area contributed by atoms with Crippen LogP contribution < -0.4 is 9.47 Å². The molecule has 164 valence electrons. The first-order chi connectivity index (χ1) is 14.3. The van der Waals surface area contributed by atoms with E-state index in [0.717, 1.165) is 5.56 Å². The highest BCUT2D eigenvalue weighted by atomic mass is 32.2. The summed E-state index contributed by atoms with van der Waals surface area (Å²) in [6, 6.07) is 11.6. The molecule has 0 radical (unpaired) electrons. The molecule has 1 amide bonds. The van der Waals surface area contributed by atoms with Crippen LogP contribution in [0.15, 0.2) is 47.4 Å². The van der Waals surface area contributed by atoms with Gasteiger partial charge in [-0.15, -0.1) is 0 Å². The van der Waals surface area contributed by atoms with Crippen LogP contribution in [0.4, 0.5) is 0 Å². The number of carbonyl (C=O) groups excluding carboxylic acids is 1. The smallest absolute Gasteiger partial charge is 0.253 e. The molecule has 2 aromatic carbocycles. The average Bonchev–Trinajstić information content (AvgIpc) is 2.77. The Morgan fingerprint density at radius 3 is 2.07 bits per heavy atom. The Kier molecular flexibility index (Phi) is 8.25. The van der Waals surface area contributed by atoms with Gasteiger partial charge in [0.05, 0.1) is 19.1 Å². The van der Waals surface area contributed by atoms with E-state index in [9.17, 15) is 13.2 Å². The molecule has 2 aromatic rings. The van der Waals surface area contributed by atoms with Gasteiger partial charge in [0.15, 0.2) is 11.5 Å². The van der Waals surface area contributed by atoms with Crippen LogP contribution in [0.2, 0.25) is 0 Å². The van der Waals surface area contributed by atoms with Crippen molar-refractivity contribution < 1.29 is 22.7 Å². The molecule has 0 unspecified atom stereocenters. The van der Waals surface area contributed by atoms with E-state index in [0.29, 0.717) is 43.1 Å². The van der Waals surface area contributed by atoms with Crippen molar-refractivity contribution in [3.8, 4) is 11.5 Å². The quantitative estimate of drug-likeness (QED) is 0.575. The molecule has 30 heavy (non-hydrogen) atoms. The monoisotopic (exact) mass is 434 g/mol. The number of ether oxygens (including phenoxy) is 2. The van der Waals surface area contributed by atoms with Gasteiger partial charge in [-0.2, -0.15) is 0 Å². The van der Waals surface area contributed by atoms with Gasteiger partial charge in [0, 0.05) is 32.2 Å². The van der Waals surface area contributed by atoms with E-state index in [4.69, 9.17) is 9.47 Å². The Morgan fingerprint density at radius 1 is 0.933 bits per heavy atom. The maximum Gasteiger partial charge on any atom is 0.253 e. The number of methoxy groups -OCH3 is 2. The zero-order valence-electron chi connectivity index (χ0n) is 18.2. The Balaban J connectivity index is 2.10. The van der Waals surface area contributed by atoms with Crippen LogP contribution in [0.5, 0.6) is 11.5 Å². The van der Waals surface area contributed by atoms with E-state index in [1.807, 2.05) is 26.0 Å². The lowest BCUT2D eigenvalue weighted by Crippen LogP contribution is -2.31. The first-order valence-corrected chi connectivity index (χ1v) is 11.3. The molecule has 0 aromatic heterocycles. The summed E-state index contributed by atoms with van der Waals surface area (Å²) >= 11 is 0. The first-order valence-electron chi connectivity index (χ1n) is 9.85. The fourth-order valence-corrected chi connectivity index (χ4v) is 4.26. The number of benzene rings is 2. The maximum atomic E-state index is 12.9. The van der Waals surface area contributed by atoms with Crippen LogP contribution in [0.3, 0.4) is 0 Å². The zero-order chi connectivity index (χ0) is 22.3. The second-order valence-corrected chi connectivity index (χ2v) is 8.81. The minimum atomic E-state index is -3.66. The summed E-state index contributed by atoms with van der Waals surface area (Å²) in [5.74, 6) is 1.13. The molecule has 0 spiro atoms. The Labute approximate surface area is 179 Å². The van der Waals surface area contributed by atoms with Crippen molar-refractivity contribution in [1.29, 1.82) is 0 Å². The number of carbonyl (C=O) groups is 1. The van der Waals surface area contributed by atoms with Gasteiger partial charge in [-0.05, 0) is 62.2 Å². The number of sulfonamides is 1. The van der Waals surface area contributed by atoms with Crippen molar-refractivity contribution in [1.82, 2.24) is 9.21 Å².